The minimum Gasteiger partial charge on any atom is -0.379 e. The van der Waals surface area contributed by atoms with Gasteiger partial charge >= 0.3 is 0 Å². The molecule has 0 spiro atoms. The van der Waals surface area contributed by atoms with E-state index in [1.165, 1.54) is 0 Å². The fourth-order valence-electron chi connectivity index (χ4n) is 0. The van der Waals surface area contributed by atoms with E-state index in [4.69, 9.17) is 12.2 Å². The molecule has 0 amide bonds. The molecule has 0 rings (SSSR count). The highest BCUT2D eigenvalue weighted by atomic mass is 16.3. The van der Waals surface area contributed by atoms with Crippen LogP contribution in [0.3, 0.4) is 0 Å². The van der Waals surface area contributed by atoms with Crippen molar-refractivity contribution in [2.75, 3.05) is 0 Å². The van der Waals surface area contributed by atoms with E-state index in [0.717, 1.165) is 0 Å². The summed E-state index contributed by atoms with van der Waals surface area (Å²) in [5.74, 6) is 0. The molecule has 1 atom stereocenters. The zero-order valence-corrected chi connectivity index (χ0v) is 3.23. The number of hydrogen-bond donors (Lipinski definition) is 2. The van der Waals surface area contributed by atoms with Gasteiger partial charge in [0.05, 0.1) is 1.37 Å². The van der Waals surface area contributed by atoms with Gasteiger partial charge in [-0.25, -0.2) is 0 Å². The van der Waals surface area contributed by atoms with Crippen LogP contribution in [0.2, 0.25) is 0 Å². The van der Waals surface area contributed by atoms with Crippen LogP contribution >= 0.6 is 0 Å². The van der Waals surface area contributed by atoms with E-state index in [0.29, 0.717) is 0 Å². The Balaban J connectivity index is 3.17. The van der Waals surface area contributed by atoms with E-state index >= 15 is 0 Å². The van der Waals surface area contributed by atoms with Gasteiger partial charge in [-0.15, -0.1) is 0 Å². The summed E-state index contributed by atoms with van der Waals surface area (Å²) in [6.07, 6.45) is -1.44. The second kappa shape index (κ2) is 2.18. The molecule has 2 nitrogen and oxygen atoms in total. The summed E-state index contributed by atoms with van der Waals surface area (Å²) >= 11 is 0. The smallest absolute Gasteiger partial charge is 0.102 e. The molecular weight excluding hydrogens is 66.0 g/mol. The zero-order chi connectivity index (χ0) is 5.21. The van der Waals surface area contributed by atoms with Crippen molar-refractivity contribution in [1.29, 1.82) is 0 Å². The molecule has 0 aromatic carbocycles. The van der Waals surface area contributed by atoms with Crippen LogP contribution in [0.4, 0.5) is 0 Å². The molecule has 32 valence electrons. The highest BCUT2D eigenvalue weighted by Crippen LogP contribution is 1.72. The molecule has 0 saturated heterocycles. The normalized spacial score (nSPS) is 24.2. The molecule has 0 fully saturated rings. The summed E-state index contributed by atoms with van der Waals surface area (Å²) in [6, 6.07) is 0. The Morgan fingerprint density at radius 1 is 2.40 bits per heavy atom. The maximum absolute atomic E-state index is 8.27. The van der Waals surface area contributed by atoms with Crippen molar-refractivity contribution in [3.05, 3.63) is 0 Å². The summed E-state index contributed by atoms with van der Waals surface area (Å²) < 4.78 is 6.51. The van der Waals surface area contributed by atoms with Gasteiger partial charge in [-0.05, 0) is 6.42 Å². The zero-order valence-electron chi connectivity index (χ0n) is 4.23. The molecule has 0 aromatic heterocycles. The van der Waals surface area contributed by atoms with Crippen molar-refractivity contribution in [3.63, 3.8) is 0 Å². The minimum atomic E-state index is -1.71. The summed E-state index contributed by atoms with van der Waals surface area (Å²) in [7, 11) is 0. The van der Waals surface area contributed by atoms with E-state index < -0.39 is 6.20 Å². The Morgan fingerprint density at radius 3 is 2.60 bits per heavy atom. The van der Waals surface area contributed by atoms with Crippen molar-refractivity contribution in [1.82, 2.24) is 0 Å². The lowest BCUT2D eigenvalue weighted by Gasteiger charge is -1.91. The number of nitrogens with two attached hydrogens (primary N) is 1. The van der Waals surface area contributed by atoms with Crippen LogP contribution in [0.5, 0.6) is 0 Å². The second-order valence-corrected chi connectivity index (χ2v) is 0.845. The first kappa shape index (κ1) is 3.12. The summed E-state index contributed by atoms with van der Waals surface area (Å²) in [5, 5.41) is 8.27. The van der Waals surface area contributed by atoms with Crippen molar-refractivity contribution < 1.29 is 6.48 Å². The van der Waals surface area contributed by atoms with Crippen molar-refractivity contribution in [3.8, 4) is 0 Å². The summed E-state index contributed by atoms with van der Waals surface area (Å²) in [4.78, 5) is 0. The fraction of sp³-hybridized carbons (Fsp3) is 1.00. The Hall–Kier alpha value is -0.0800. The largest absolute Gasteiger partial charge is 0.379 e. The predicted octanol–water partition coefficient (Wildman–Crippen LogP) is -0.327. The van der Waals surface area contributed by atoms with Crippen LogP contribution in [-0.2, 0) is 0 Å². The Bertz CT molecular complexity index is 40.5. The highest BCUT2D eigenvalue weighted by Gasteiger charge is 1.81. The van der Waals surface area contributed by atoms with Crippen LogP contribution in [0.25, 0.3) is 0 Å². The van der Waals surface area contributed by atoms with Crippen LogP contribution in [0.15, 0.2) is 0 Å². The molecule has 0 heterocycles. The average molecular weight is 76.1 g/mol. The highest BCUT2D eigenvalue weighted by molar-refractivity contribution is 4.31. The van der Waals surface area contributed by atoms with Gasteiger partial charge in [-0.2, -0.15) is 0 Å². The first-order valence-corrected chi connectivity index (χ1v) is 1.57. The van der Waals surface area contributed by atoms with Gasteiger partial charge in [0, 0.05) is 0 Å². The molecular formula is C3H9NO. The third-order valence-corrected chi connectivity index (χ3v) is 0.362. The van der Waals surface area contributed by atoms with E-state index in [1.807, 2.05) is 0 Å². The van der Waals surface area contributed by atoms with Crippen LogP contribution in [-0.4, -0.2) is 11.3 Å². The lowest BCUT2D eigenvalue weighted by atomic mass is 10.5. The third kappa shape index (κ3) is 3.92. The molecule has 0 aliphatic carbocycles. The first-order valence-electron chi connectivity index (χ1n) is 2.07. The lowest BCUT2D eigenvalue weighted by molar-refractivity contribution is 0.178. The van der Waals surface area contributed by atoms with Gasteiger partial charge in [-0.3, -0.25) is 0 Å². The van der Waals surface area contributed by atoms with Gasteiger partial charge in [0.1, 0.15) is 6.20 Å². The Morgan fingerprint density at radius 2 is 2.60 bits per heavy atom. The van der Waals surface area contributed by atoms with Crippen LogP contribution < -0.4 is 5.73 Å². The number of rotatable bonds is 1. The van der Waals surface area contributed by atoms with Crippen molar-refractivity contribution in [2.24, 2.45) is 5.73 Å². The second-order valence-electron chi connectivity index (χ2n) is 0.845. The molecule has 5 heavy (non-hydrogen) atoms. The molecule has 2 heteroatoms. The van der Waals surface area contributed by atoms with E-state index in [9.17, 15) is 0 Å². The molecule has 0 saturated carbocycles. The number of aliphatic hydroxyl groups is 1. The van der Waals surface area contributed by atoms with Crippen molar-refractivity contribution >= 4 is 0 Å². The Kier molecular flexibility index (Phi) is 1.36. The fourth-order valence-corrected chi connectivity index (χ4v) is 0. The molecule has 0 radical (unpaired) electrons. The van der Waals surface area contributed by atoms with Gasteiger partial charge in [-0.1, -0.05) is 6.92 Å². The van der Waals surface area contributed by atoms with Crippen LogP contribution in [0, 0.1) is 0 Å². The SMILES string of the molecule is [2H]C(N)(O)CC. The molecule has 1 unspecified atom stereocenters. The van der Waals surface area contributed by atoms with Gasteiger partial charge in [0.15, 0.2) is 0 Å². The quantitative estimate of drug-likeness (QED) is 0.420. The predicted molar refractivity (Wildman–Crippen MR) is 20.5 cm³/mol. The van der Waals surface area contributed by atoms with Gasteiger partial charge in [0.2, 0.25) is 0 Å². The molecule has 0 aromatic rings. The molecule has 0 aliphatic heterocycles. The number of hydrogen-bond acceptors (Lipinski definition) is 2. The monoisotopic (exact) mass is 76.1 g/mol. The lowest BCUT2D eigenvalue weighted by Crippen LogP contribution is -2.16. The minimum absolute atomic E-state index is 0.271. The van der Waals surface area contributed by atoms with Crippen molar-refractivity contribution in [2.45, 2.75) is 19.5 Å². The maximum Gasteiger partial charge on any atom is 0.102 e. The summed E-state index contributed by atoms with van der Waals surface area (Å²) in [5.41, 5.74) is 4.76. The van der Waals surface area contributed by atoms with E-state index in [1.54, 1.807) is 6.92 Å². The van der Waals surface area contributed by atoms with Crippen LogP contribution in [0.1, 0.15) is 14.7 Å². The van der Waals surface area contributed by atoms with Gasteiger partial charge < -0.3 is 10.8 Å². The summed E-state index contributed by atoms with van der Waals surface area (Å²) in [6.45, 7) is 1.65. The van der Waals surface area contributed by atoms with Gasteiger partial charge in [0.25, 0.3) is 0 Å². The van der Waals surface area contributed by atoms with E-state index in [-0.39, 0.29) is 6.42 Å². The third-order valence-electron chi connectivity index (χ3n) is 0.362. The Labute approximate surface area is 33.0 Å². The first-order chi connectivity index (χ1) is 2.56. The topological polar surface area (TPSA) is 46.2 Å². The molecule has 0 aliphatic rings. The maximum atomic E-state index is 8.27. The average Bonchev–Trinajstić information content (AvgIpc) is 1.35. The molecule has 0 bridgehead atoms. The van der Waals surface area contributed by atoms with E-state index in [2.05, 4.69) is 0 Å². The standard InChI is InChI=1S/C3H9NO/c1-2-3(4)5/h3,5H,2,4H2,1H3/i3D. The molecule has 3 N–H and O–H groups in total.